The molecule has 0 amide bonds. The Morgan fingerprint density at radius 3 is 0.600 bits per heavy atom. The third kappa shape index (κ3) is 21.4. The van der Waals surface area contributed by atoms with Gasteiger partial charge in [0.15, 0.2) is 0 Å². The SMILES string of the molecule is S.[Cu+].[Cu+].[Cu].[Cu]. The molecule has 0 spiro atoms. The van der Waals surface area contributed by atoms with Crippen LogP contribution in [-0.2, 0) is 68.3 Å². The Morgan fingerprint density at radius 2 is 0.600 bits per heavy atom. The summed E-state index contributed by atoms with van der Waals surface area (Å²) in [5.74, 6) is 0. The predicted molar refractivity (Wildman–Crippen MR) is 10.4 cm³/mol. The molecular weight excluding hydrogens is 286 g/mol. The van der Waals surface area contributed by atoms with E-state index in [2.05, 4.69) is 0 Å². The zero-order chi connectivity index (χ0) is 0. The fourth-order valence-corrected chi connectivity index (χ4v) is 0. The molecule has 5 heavy (non-hydrogen) atoms. The Bertz CT molecular complexity index is 3.61. The molecule has 0 heterocycles. The van der Waals surface area contributed by atoms with E-state index in [-0.39, 0.29) is 81.8 Å². The van der Waals surface area contributed by atoms with Crippen molar-refractivity contribution in [3.05, 3.63) is 0 Å². The van der Waals surface area contributed by atoms with Gasteiger partial charge in [-0.15, -0.1) is 0 Å². The largest absolute Gasteiger partial charge is 1.00 e. The average Bonchev–Trinajstić information content (AvgIpc) is 0. The van der Waals surface area contributed by atoms with Gasteiger partial charge in [0.1, 0.15) is 0 Å². The van der Waals surface area contributed by atoms with Crippen LogP contribution in [0, 0.1) is 0 Å². The van der Waals surface area contributed by atoms with Crippen molar-refractivity contribution in [3.63, 3.8) is 0 Å². The van der Waals surface area contributed by atoms with Crippen LogP contribution >= 0.6 is 13.5 Å². The number of rotatable bonds is 0. The van der Waals surface area contributed by atoms with E-state index in [0.29, 0.717) is 0 Å². The molecule has 0 saturated carbocycles. The zero-order valence-electron chi connectivity index (χ0n) is 1.71. The molecule has 0 aliphatic carbocycles. The summed E-state index contributed by atoms with van der Waals surface area (Å²) in [7, 11) is 0. The maximum Gasteiger partial charge on any atom is 1.00 e. The molecule has 0 aromatic carbocycles. The molecule has 0 rings (SSSR count). The molecule has 0 aliphatic heterocycles. The summed E-state index contributed by atoms with van der Waals surface area (Å²) in [6.45, 7) is 0. The van der Waals surface area contributed by atoms with Crippen LogP contribution < -0.4 is 0 Å². The van der Waals surface area contributed by atoms with Gasteiger partial charge in [0.2, 0.25) is 0 Å². The van der Waals surface area contributed by atoms with Gasteiger partial charge in [0, 0.05) is 34.1 Å². The Kier molecular flexibility index (Phi) is 335. The Labute approximate surface area is 80.9 Å². The third-order valence-corrected chi connectivity index (χ3v) is 0. The van der Waals surface area contributed by atoms with E-state index in [1.165, 1.54) is 0 Å². The van der Waals surface area contributed by atoms with Crippen LogP contribution in [-0.4, -0.2) is 0 Å². The summed E-state index contributed by atoms with van der Waals surface area (Å²) in [4.78, 5) is 0. The Hall–Kier alpha value is 2.43. The first kappa shape index (κ1) is 52.1. The van der Waals surface area contributed by atoms with Crippen LogP contribution in [0.1, 0.15) is 0 Å². The smallest absolute Gasteiger partial charge is 0.197 e. The molecule has 0 saturated heterocycles. The van der Waals surface area contributed by atoms with Gasteiger partial charge in [-0.1, -0.05) is 0 Å². The van der Waals surface area contributed by atoms with Gasteiger partial charge in [0.25, 0.3) is 0 Å². The van der Waals surface area contributed by atoms with Gasteiger partial charge in [-0.25, -0.2) is 0 Å². The molecule has 0 N–H and O–H groups in total. The molecule has 50 valence electrons. The minimum absolute atomic E-state index is 0. The fourth-order valence-electron chi connectivity index (χ4n) is 0. The predicted octanol–water partition coefficient (Wildman–Crippen LogP) is 0.103. The summed E-state index contributed by atoms with van der Waals surface area (Å²) in [6.07, 6.45) is 0. The molecule has 5 heteroatoms. The summed E-state index contributed by atoms with van der Waals surface area (Å²) < 4.78 is 0. The van der Waals surface area contributed by atoms with Gasteiger partial charge in [0.05, 0.1) is 0 Å². The molecule has 0 fully saturated rings. The molecule has 0 bridgehead atoms. The van der Waals surface area contributed by atoms with Crippen LogP contribution in [0.25, 0.3) is 0 Å². The van der Waals surface area contributed by atoms with E-state index in [1.54, 1.807) is 0 Å². The van der Waals surface area contributed by atoms with E-state index < -0.39 is 0 Å². The summed E-state index contributed by atoms with van der Waals surface area (Å²) in [5, 5.41) is 0. The first-order valence-corrected chi connectivity index (χ1v) is 0. The van der Waals surface area contributed by atoms with Gasteiger partial charge in [-0.2, -0.15) is 13.5 Å². The average molecular weight is 288 g/mol. The van der Waals surface area contributed by atoms with Gasteiger partial charge < -0.3 is 0 Å². The van der Waals surface area contributed by atoms with Crippen LogP contribution in [0.4, 0.5) is 0 Å². The van der Waals surface area contributed by atoms with Crippen molar-refractivity contribution >= 4 is 13.5 Å². The van der Waals surface area contributed by atoms with E-state index >= 15 is 0 Å². The second kappa shape index (κ2) is 32.1. The van der Waals surface area contributed by atoms with Crippen LogP contribution in [0.3, 0.4) is 0 Å². The molecular formula is H2Cu4S+2. The molecule has 0 unspecified atom stereocenters. The van der Waals surface area contributed by atoms with Crippen molar-refractivity contribution in [1.82, 2.24) is 0 Å². The van der Waals surface area contributed by atoms with Gasteiger partial charge >= 0.3 is 34.1 Å². The standard InChI is InChI=1S/4Cu.H2S/h;;;;1H2/q;;2*+1;. The molecule has 2 radical (unpaired) electrons. The van der Waals surface area contributed by atoms with E-state index in [1.807, 2.05) is 0 Å². The Morgan fingerprint density at radius 1 is 0.600 bits per heavy atom. The van der Waals surface area contributed by atoms with E-state index in [9.17, 15) is 0 Å². The van der Waals surface area contributed by atoms with Gasteiger partial charge in [-0.05, 0) is 0 Å². The summed E-state index contributed by atoms with van der Waals surface area (Å²) in [6, 6.07) is 0. The zero-order valence-corrected chi connectivity index (χ0v) is 6.47. The first-order valence-electron chi connectivity index (χ1n) is 0. The second-order valence-corrected chi connectivity index (χ2v) is 0. The minimum atomic E-state index is 0. The van der Waals surface area contributed by atoms with Crippen LogP contribution in [0.2, 0.25) is 0 Å². The summed E-state index contributed by atoms with van der Waals surface area (Å²) >= 11 is 0. The minimum Gasteiger partial charge on any atom is -0.197 e. The molecule has 0 atom stereocenters. The normalized spacial score (nSPS) is 0. The Balaban J connectivity index is 0. The molecule has 0 aromatic heterocycles. The van der Waals surface area contributed by atoms with Crippen molar-refractivity contribution in [1.29, 1.82) is 0 Å². The fraction of sp³-hybridized carbons (Fsp3) is 0. The first-order chi connectivity index (χ1) is 0. The maximum absolute atomic E-state index is 0. The third-order valence-electron chi connectivity index (χ3n) is 0. The molecule has 0 nitrogen and oxygen atoms in total. The van der Waals surface area contributed by atoms with Crippen molar-refractivity contribution in [2.24, 2.45) is 0 Å². The number of hydrogen-bond donors (Lipinski definition) is 0. The molecule has 0 aromatic rings. The monoisotopic (exact) mass is 286 g/mol. The molecule has 0 aliphatic rings. The maximum atomic E-state index is 0. The number of hydrogen-bond acceptors (Lipinski definition) is 0. The quantitative estimate of drug-likeness (QED) is 0.555. The van der Waals surface area contributed by atoms with Crippen molar-refractivity contribution in [3.8, 4) is 0 Å². The van der Waals surface area contributed by atoms with E-state index in [0.717, 1.165) is 0 Å². The van der Waals surface area contributed by atoms with E-state index in [4.69, 9.17) is 0 Å². The van der Waals surface area contributed by atoms with Crippen molar-refractivity contribution in [2.45, 2.75) is 0 Å². The van der Waals surface area contributed by atoms with Gasteiger partial charge in [-0.3, -0.25) is 0 Å². The van der Waals surface area contributed by atoms with Crippen LogP contribution in [0.5, 0.6) is 0 Å². The van der Waals surface area contributed by atoms with Crippen molar-refractivity contribution < 1.29 is 68.3 Å². The van der Waals surface area contributed by atoms with Crippen molar-refractivity contribution in [2.75, 3.05) is 0 Å². The second-order valence-electron chi connectivity index (χ2n) is 0. The summed E-state index contributed by atoms with van der Waals surface area (Å²) in [5.41, 5.74) is 0. The van der Waals surface area contributed by atoms with Crippen LogP contribution in [0.15, 0.2) is 0 Å². The topological polar surface area (TPSA) is 0 Å².